The topological polar surface area (TPSA) is 112 Å². The van der Waals surface area contributed by atoms with Gasteiger partial charge in [-0.05, 0) is 0 Å². The number of carboxylic acids is 1. The number of hydrogen-bond acceptors (Lipinski definition) is 7. The summed E-state index contributed by atoms with van der Waals surface area (Å²) in [7, 11) is 0. The number of hydrogen-bond donors (Lipinski definition) is 2. The number of aromatic nitrogens is 3. The van der Waals surface area contributed by atoms with E-state index in [-0.39, 0.29) is 17.8 Å². The van der Waals surface area contributed by atoms with Crippen molar-refractivity contribution in [2.75, 3.05) is 31.3 Å². The molecule has 0 saturated carbocycles. The lowest BCUT2D eigenvalue weighted by molar-refractivity contribution is -0.133. The third-order valence-corrected chi connectivity index (χ3v) is 3.29. The molecule has 1 unspecified atom stereocenters. The zero-order valence-electron chi connectivity index (χ0n) is 9.61. The predicted octanol–water partition coefficient (Wildman–Crippen LogP) is -0.548. The molecule has 2 heterocycles. The maximum atomic E-state index is 10.5. The Hall–Kier alpha value is -1.32. The van der Waals surface area contributed by atoms with Crippen LogP contribution < -0.4 is 5.73 Å². The number of ether oxygens (including phenoxy) is 2. The van der Waals surface area contributed by atoms with Crippen molar-refractivity contribution in [1.29, 1.82) is 0 Å². The van der Waals surface area contributed by atoms with E-state index in [2.05, 4.69) is 10.2 Å². The molecule has 1 aromatic rings. The smallest absolute Gasteiger partial charge is 0.313 e. The van der Waals surface area contributed by atoms with Crippen molar-refractivity contribution in [2.45, 2.75) is 17.8 Å². The van der Waals surface area contributed by atoms with Crippen molar-refractivity contribution in [3.63, 3.8) is 0 Å². The molecular formula is C9H14N4O4S. The maximum Gasteiger partial charge on any atom is 0.313 e. The number of aliphatic carboxylic acids is 1. The van der Waals surface area contributed by atoms with Gasteiger partial charge in [-0.25, -0.2) is 0 Å². The number of rotatable bonds is 5. The van der Waals surface area contributed by atoms with Crippen molar-refractivity contribution in [3.05, 3.63) is 0 Å². The summed E-state index contributed by atoms with van der Waals surface area (Å²) in [4.78, 5) is 10.5. The first-order chi connectivity index (χ1) is 8.66. The van der Waals surface area contributed by atoms with Gasteiger partial charge in [0.05, 0.1) is 38.2 Å². The van der Waals surface area contributed by atoms with Gasteiger partial charge in [0.2, 0.25) is 5.95 Å². The molecule has 3 N–H and O–H groups in total. The van der Waals surface area contributed by atoms with Gasteiger partial charge in [-0.3, -0.25) is 9.36 Å². The molecule has 1 aliphatic heterocycles. The number of nitrogens with zero attached hydrogens (tertiary/aromatic N) is 3. The van der Waals surface area contributed by atoms with Gasteiger partial charge in [-0.1, -0.05) is 11.8 Å². The predicted molar refractivity (Wildman–Crippen MR) is 63.4 cm³/mol. The molecular weight excluding hydrogens is 260 g/mol. The van der Waals surface area contributed by atoms with Gasteiger partial charge < -0.3 is 20.3 Å². The first-order valence-electron chi connectivity index (χ1n) is 5.39. The Morgan fingerprint density at radius 2 is 2.39 bits per heavy atom. The quantitative estimate of drug-likeness (QED) is 0.688. The van der Waals surface area contributed by atoms with Gasteiger partial charge in [-0.2, -0.15) is 0 Å². The SMILES string of the molecule is Nc1nnc(SCC(=O)O)n1CC1COCCO1. The first-order valence-corrected chi connectivity index (χ1v) is 6.38. The molecule has 18 heavy (non-hydrogen) atoms. The van der Waals surface area contributed by atoms with E-state index in [0.717, 1.165) is 11.8 Å². The van der Waals surface area contributed by atoms with Crippen LogP contribution in [0.25, 0.3) is 0 Å². The van der Waals surface area contributed by atoms with Gasteiger partial charge in [0.25, 0.3) is 0 Å². The van der Waals surface area contributed by atoms with E-state index in [1.54, 1.807) is 4.57 Å². The summed E-state index contributed by atoms with van der Waals surface area (Å²) in [5.41, 5.74) is 5.70. The number of carbonyl (C=O) groups is 1. The Morgan fingerprint density at radius 1 is 1.56 bits per heavy atom. The van der Waals surface area contributed by atoms with Crippen LogP contribution in [0.4, 0.5) is 5.95 Å². The van der Waals surface area contributed by atoms with Crippen LogP contribution in [-0.4, -0.2) is 57.5 Å². The van der Waals surface area contributed by atoms with Crippen LogP contribution in [0.2, 0.25) is 0 Å². The number of nitrogen functional groups attached to an aromatic ring is 1. The minimum atomic E-state index is -0.912. The molecule has 0 amide bonds. The minimum Gasteiger partial charge on any atom is -0.481 e. The van der Waals surface area contributed by atoms with Gasteiger partial charge in [0.1, 0.15) is 0 Å². The second-order valence-electron chi connectivity index (χ2n) is 3.70. The van der Waals surface area contributed by atoms with E-state index >= 15 is 0 Å². The van der Waals surface area contributed by atoms with Crippen LogP contribution >= 0.6 is 11.8 Å². The Balaban J connectivity index is 2.01. The van der Waals surface area contributed by atoms with E-state index in [1.807, 2.05) is 0 Å². The Labute approximate surface area is 107 Å². The standard InChI is InChI=1S/C9H14N4O4S/c10-8-11-12-9(18-5-7(14)15)13(8)3-6-4-16-1-2-17-6/h6H,1-5H2,(H2,10,11)(H,14,15). The summed E-state index contributed by atoms with van der Waals surface area (Å²) in [5.74, 6) is -0.748. The van der Waals surface area contributed by atoms with Crippen molar-refractivity contribution in [1.82, 2.24) is 14.8 Å². The normalized spacial score (nSPS) is 19.9. The summed E-state index contributed by atoms with van der Waals surface area (Å²) in [5, 5.41) is 16.7. The number of thioether (sulfide) groups is 1. The summed E-state index contributed by atoms with van der Waals surface area (Å²) < 4.78 is 12.4. The van der Waals surface area contributed by atoms with Gasteiger partial charge in [-0.15, -0.1) is 10.2 Å². The van der Waals surface area contributed by atoms with Crippen LogP contribution in [0.3, 0.4) is 0 Å². The van der Waals surface area contributed by atoms with Crippen LogP contribution in [0.5, 0.6) is 0 Å². The average molecular weight is 274 g/mol. The van der Waals surface area contributed by atoms with Crippen LogP contribution in [0.1, 0.15) is 0 Å². The molecule has 0 spiro atoms. The molecule has 1 fully saturated rings. The van der Waals surface area contributed by atoms with Gasteiger partial charge in [0, 0.05) is 0 Å². The molecule has 0 aromatic carbocycles. The average Bonchev–Trinajstić information content (AvgIpc) is 2.70. The van der Waals surface area contributed by atoms with E-state index in [1.165, 1.54) is 0 Å². The lowest BCUT2D eigenvalue weighted by Crippen LogP contribution is -2.32. The lowest BCUT2D eigenvalue weighted by Gasteiger charge is -2.23. The summed E-state index contributed by atoms with van der Waals surface area (Å²) >= 11 is 1.08. The summed E-state index contributed by atoms with van der Waals surface area (Å²) in [6, 6.07) is 0. The van der Waals surface area contributed by atoms with E-state index in [4.69, 9.17) is 20.3 Å². The summed E-state index contributed by atoms with van der Waals surface area (Å²) in [6.07, 6.45) is -0.110. The Bertz CT molecular complexity index is 419. The molecule has 100 valence electrons. The van der Waals surface area contributed by atoms with E-state index < -0.39 is 5.97 Å². The zero-order chi connectivity index (χ0) is 13.0. The Kier molecular flexibility index (Phi) is 4.39. The van der Waals surface area contributed by atoms with Crippen molar-refractivity contribution >= 4 is 23.7 Å². The number of anilines is 1. The highest BCUT2D eigenvalue weighted by Crippen LogP contribution is 2.19. The van der Waals surface area contributed by atoms with Crippen LogP contribution in [0, 0.1) is 0 Å². The molecule has 1 aliphatic rings. The molecule has 9 heteroatoms. The third-order valence-electron chi connectivity index (χ3n) is 2.34. The Morgan fingerprint density at radius 3 is 3.06 bits per heavy atom. The molecule has 1 aromatic heterocycles. The molecule has 0 radical (unpaired) electrons. The first kappa shape index (κ1) is 13.1. The van der Waals surface area contributed by atoms with Crippen molar-refractivity contribution in [3.8, 4) is 0 Å². The van der Waals surface area contributed by atoms with E-state index in [9.17, 15) is 4.79 Å². The highest BCUT2D eigenvalue weighted by atomic mass is 32.2. The van der Waals surface area contributed by atoms with Gasteiger partial charge >= 0.3 is 5.97 Å². The zero-order valence-corrected chi connectivity index (χ0v) is 10.4. The monoisotopic (exact) mass is 274 g/mol. The molecule has 1 atom stereocenters. The minimum absolute atomic E-state index is 0.0832. The van der Waals surface area contributed by atoms with Crippen molar-refractivity contribution < 1.29 is 19.4 Å². The molecule has 0 aliphatic carbocycles. The molecule has 8 nitrogen and oxygen atoms in total. The largest absolute Gasteiger partial charge is 0.481 e. The molecule has 1 saturated heterocycles. The fourth-order valence-electron chi connectivity index (χ4n) is 1.55. The third kappa shape index (κ3) is 3.34. The fourth-order valence-corrected chi connectivity index (χ4v) is 2.23. The second-order valence-corrected chi connectivity index (χ2v) is 4.64. The van der Waals surface area contributed by atoms with Crippen LogP contribution in [-0.2, 0) is 20.8 Å². The highest BCUT2D eigenvalue weighted by molar-refractivity contribution is 7.99. The lowest BCUT2D eigenvalue weighted by atomic mass is 10.3. The molecule has 0 bridgehead atoms. The molecule has 2 rings (SSSR count). The number of carboxylic acid groups (broad SMARTS) is 1. The van der Waals surface area contributed by atoms with Gasteiger partial charge in [0.15, 0.2) is 5.16 Å². The highest BCUT2D eigenvalue weighted by Gasteiger charge is 2.19. The van der Waals surface area contributed by atoms with Crippen LogP contribution in [0.15, 0.2) is 5.16 Å². The maximum absolute atomic E-state index is 10.5. The number of nitrogens with two attached hydrogens (primary N) is 1. The summed E-state index contributed by atoms with van der Waals surface area (Å²) in [6.45, 7) is 2.08. The fraction of sp³-hybridized carbons (Fsp3) is 0.667. The van der Waals surface area contributed by atoms with E-state index in [0.29, 0.717) is 31.5 Å². The second kappa shape index (κ2) is 6.03. The van der Waals surface area contributed by atoms with Crippen molar-refractivity contribution in [2.24, 2.45) is 0 Å².